The zero-order chi connectivity index (χ0) is 14.9. The van der Waals surface area contributed by atoms with Crippen molar-refractivity contribution in [2.24, 2.45) is 0 Å². The molecule has 4 nitrogen and oxygen atoms in total. The van der Waals surface area contributed by atoms with Crippen molar-refractivity contribution in [1.29, 1.82) is 0 Å². The van der Waals surface area contributed by atoms with Crippen LogP contribution in [0.1, 0.15) is 45.2 Å². The average Bonchev–Trinajstić information content (AvgIpc) is 2.66. The van der Waals surface area contributed by atoms with Crippen molar-refractivity contribution in [3.8, 4) is 0 Å². The van der Waals surface area contributed by atoms with Gasteiger partial charge in [-0.25, -0.2) is 4.98 Å². The summed E-state index contributed by atoms with van der Waals surface area (Å²) in [6.07, 6.45) is 0.554. The van der Waals surface area contributed by atoms with Crippen molar-refractivity contribution in [3.05, 3.63) is 10.6 Å². The van der Waals surface area contributed by atoms with Crippen LogP contribution in [-0.2, 0) is 11.3 Å². The van der Waals surface area contributed by atoms with Crippen molar-refractivity contribution in [1.82, 2.24) is 10.3 Å². The van der Waals surface area contributed by atoms with E-state index in [9.17, 15) is 0 Å². The van der Waals surface area contributed by atoms with Gasteiger partial charge in [-0.1, -0.05) is 0 Å². The van der Waals surface area contributed by atoms with Gasteiger partial charge in [0.25, 0.3) is 0 Å². The number of nitrogens with one attached hydrogen (secondary N) is 1. The number of hydrogen-bond donors (Lipinski definition) is 1. The quantitative estimate of drug-likeness (QED) is 0.931. The number of aryl methyl sites for hydroxylation is 1. The van der Waals surface area contributed by atoms with Crippen LogP contribution in [0.3, 0.4) is 0 Å². The molecule has 1 aliphatic rings. The second-order valence-electron chi connectivity index (χ2n) is 6.77. The van der Waals surface area contributed by atoms with Crippen LogP contribution in [0.15, 0.2) is 0 Å². The lowest BCUT2D eigenvalue weighted by Crippen LogP contribution is -2.45. The second-order valence-corrected chi connectivity index (χ2v) is 7.83. The van der Waals surface area contributed by atoms with Gasteiger partial charge in [0, 0.05) is 30.1 Å². The number of rotatable bonds is 3. The summed E-state index contributed by atoms with van der Waals surface area (Å²) in [5.41, 5.74) is 1.28. The van der Waals surface area contributed by atoms with Gasteiger partial charge in [0.2, 0.25) is 0 Å². The molecule has 0 bridgehead atoms. The van der Waals surface area contributed by atoms with Gasteiger partial charge in [0.1, 0.15) is 0 Å². The number of hydrogen-bond acceptors (Lipinski definition) is 5. The predicted molar refractivity (Wildman–Crippen MR) is 85.7 cm³/mol. The molecule has 0 radical (unpaired) electrons. The molecule has 0 amide bonds. The Bertz CT molecular complexity index is 442. The third-order valence-corrected chi connectivity index (χ3v) is 4.57. The number of ether oxygens (including phenoxy) is 1. The monoisotopic (exact) mass is 297 g/mol. The van der Waals surface area contributed by atoms with Crippen LogP contribution in [0.25, 0.3) is 0 Å². The molecule has 0 spiro atoms. The van der Waals surface area contributed by atoms with Crippen molar-refractivity contribution < 1.29 is 4.74 Å². The van der Waals surface area contributed by atoms with Crippen LogP contribution in [0.2, 0.25) is 0 Å². The maximum absolute atomic E-state index is 5.79. The summed E-state index contributed by atoms with van der Waals surface area (Å²) in [6, 6.07) is 0. The molecule has 1 N–H and O–H groups in total. The van der Waals surface area contributed by atoms with Gasteiger partial charge in [-0.3, -0.25) is 0 Å². The molecule has 1 saturated heterocycles. The summed E-state index contributed by atoms with van der Waals surface area (Å²) < 4.78 is 5.79. The third kappa shape index (κ3) is 4.17. The molecular formula is C15H27N3OS. The number of thiazole rings is 1. The van der Waals surface area contributed by atoms with Crippen molar-refractivity contribution in [2.45, 2.75) is 65.8 Å². The van der Waals surface area contributed by atoms with Gasteiger partial charge in [-0.05, 0) is 41.5 Å². The van der Waals surface area contributed by atoms with Gasteiger partial charge in [0.05, 0.1) is 17.9 Å². The number of anilines is 1. The minimum absolute atomic E-state index is 0.137. The number of nitrogens with zero attached hydrogens (tertiary/aromatic N) is 2. The Morgan fingerprint density at radius 1 is 1.30 bits per heavy atom. The van der Waals surface area contributed by atoms with Gasteiger partial charge >= 0.3 is 0 Å². The van der Waals surface area contributed by atoms with Gasteiger partial charge in [-0.2, -0.15) is 0 Å². The Balaban J connectivity index is 2.06. The Morgan fingerprint density at radius 3 is 2.45 bits per heavy atom. The highest BCUT2D eigenvalue weighted by atomic mass is 32.1. The molecule has 1 fully saturated rings. The minimum Gasteiger partial charge on any atom is -0.372 e. The zero-order valence-electron chi connectivity index (χ0n) is 13.5. The summed E-state index contributed by atoms with van der Waals surface area (Å²) >= 11 is 1.81. The molecule has 2 heterocycles. The fourth-order valence-electron chi connectivity index (χ4n) is 2.39. The maximum Gasteiger partial charge on any atom is 0.185 e. The molecule has 20 heavy (non-hydrogen) atoms. The minimum atomic E-state index is 0.137. The van der Waals surface area contributed by atoms with Crippen LogP contribution in [0, 0.1) is 6.92 Å². The van der Waals surface area contributed by atoms with Gasteiger partial charge < -0.3 is 15.0 Å². The maximum atomic E-state index is 5.79. The molecular weight excluding hydrogens is 270 g/mol. The molecule has 0 saturated carbocycles. The molecule has 5 heteroatoms. The van der Waals surface area contributed by atoms with E-state index in [1.54, 1.807) is 0 Å². The van der Waals surface area contributed by atoms with E-state index >= 15 is 0 Å². The second kappa shape index (κ2) is 6.00. The summed E-state index contributed by atoms with van der Waals surface area (Å²) in [5, 5.41) is 4.67. The topological polar surface area (TPSA) is 37.4 Å². The highest BCUT2D eigenvalue weighted by molar-refractivity contribution is 7.15. The molecule has 114 valence electrons. The smallest absolute Gasteiger partial charge is 0.185 e. The normalized spacial score (nSPS) is 24.2. The van der Waals surface area contributed by atoms with Crippen LogP contribution >= 0.6 is 11.3 Å². The summed E-state index contributed by atoms with van der Waals surface area (Å²) in [7, 11) is 0. The Morgan fingerprint density at radius 2 is 1.90 bits per heavy atom. The van der Waals surface area contributed by atoms with E-state index in [-0.39, 0.29) is 17.7 Å². The first-order valence-corrected chi connectivity index (χ1v) is 8.18. The molecule has 0 unspecified atom stereocenters. The summed E-state index contributed by atoms with van der Waals surface area (Å²) in [5.74, 6) is 0. The van der Waals surface area contributed by atoms with Crippen molar-refractivity contribution >= 4 is 16.5 Å². The lowest BCUT2D eigenvalue weighted by atomic mass is 10.1. The highest BCUT2D eigenvalue weighted by Crippen LogP contribution is 2.28. The highest BCUT2D eigenvalue weighted by Gasteiger charge is 2.25. The Kier molecular flexibility index (Phi) is 4.72. The van der Waals surface area contributed by atoms with Crippen LogP contribution in [0.4, 0.5) is 5.13 Å². The first kappa shape index (κ1) is 15.7. The van der Waals surface area contributed by atoms with Gasteiger partial charge in [-0.15, -0.1) is 11.3 Å². The molecule has 1 aromatic rings. The van der Waals surface area contributed by atoms with E-state index in [4.69, 9.17) is 9.72 Å². The van der Waals surface area contributed by atoms with Crippen molar-refractivity contribution in [2.75, 3.05) is 18.0 Å². The molecule has 2 atom stereocenters. The molecule has 1 aromatic heterocycles. The molecule has 2 rings (SSSR count). The van der Waals surface area contributed by atoms with Crippen LogP contribution in [0.5, 0.6) is 0 Å². The standard InChI is InChI=1S/C15H27N3OS/c1-10-8-18(9-11(2)19-10)14-17-12(3)13(20-14)7-16-15(4,5)6/h10-11,16H,7-9H2,1-6H3/t10-,11+. The lowest BCUT2D eigenvalue weighted by Gasteiger charge is -2.35. The molecule has 0 aliphatic carbocycles. The average molecular weight is 297 g/mol. The van der Waals surface area contributed by atoms with E-state index < -0.39 is 0 Å². The van der Waals surface area contributed by atoms with E-state index in [0.29, 0.717) is 0 Å². The fraction of sp³-hybridized carbons (Fsp3) is 0.800. The molecule has 0 aromatic carbocycles. The predicted octanol–water partition coefficient (Wildman–Crippen LogP) is 2.95. The first-order chi connectivity index (χ1) is 9.24. The van der Waals surface area contributed by atoms with E-state index in [1.165, 1.54) is 4.88 Å². The van der Waals surface area contributed by atoms with Gasteiger partial charge in [0.15, 0.2) is 5.13 Å². The zero-order valence-corrected chi connectivity index (χ0v) is 14.3. The number of aromatic nitrogens is 1. The largest absolute Gasteiger partial charge is 0.372 e. The Labute approximate surface area is 126 Å². The van der Waals surface area contributed by atoms with E-state index in [0.717, 1.165) is 30.5 Å². The summed E-state index contributed by atoms with van der Waals surface area (Å²) in [4.78, 5) is 8.45. The van der Waals surface area contributed by atoms with E-state index in [2.05, 4.69) is 51.8 Å². The van der Waals surface area contributed by atoms with Crippen LogP contribution in [-0.4, -0.2) is 35.8 Å². The van der Waals surface area contributed by atoms with Crippen LogP contribution < -0.4 is 10.2 Å². The Hall–Kier alpha value is -0.650. The summed E-state index contributed by atoms with van der Waals surface area (Å²) in [6.45, 7) is 15.7. The number of morpholine rings is 1. The molecule has 1 aliphatic heterocycles. The fourth-order valence-corrected chi connectivity index (χ4v) is 3.41. The SMILES string of the molecule is Cc1nc(N2C[C@@H](C)O[C@@H](C)C2)sc1CNC(C)(C)C. The third-order valence-electron chi connectivity index (χ3n) is 3.35. The lowest BCUT2D eigenvalue weighted by molar-refractivity contribution is -0.00523. The van der Waals surface area contributed by atoms with Crippen molar-refractivity contribution in [3.63, 3.8) is 0 Å². The van der Waals surface area contributed by atoms with E-state index in [1.807, 2.05) is 11.3 Å². The first-order valence-electron chi connectivity index (χ1n) is 7.36.